The topological polar surface area (TPSA) is 32.3 Å². The van der Waals surface area contributed by atoms with E-state index in [4.69, 9.17) is 0 Å². The maximum absolute atomic E-state index is 11.6. The lowest BCUT2D eigenvalue weighted by molar-refractivity contribution is -0.118. The van der Waals surface area contributed by atoms with Crippen LogP contribution < -0.4 is 10.2 Å². The second-order valence-corrected chi connectivity index (χ2v) is 6.62. The zero-order valence-electron chi connectivity index (χ0n) is 14.9. The van der Waals surface area contributed by atoms with Crippen molar-refractivity contribution < 1.29 is 4.79 Å². The Morgan fingerprint density at radius 1 is 1.00 bits per heavy atom. The van der Waals surface area contributed by atoms with Gasteiger partial charge in [0.1, 0.15) is 0 Å². The van der Waals surface area contributed by atoms with E-state index < -0.39 is 0 Å². The van der Waals surface area contributed by atoms with Crippen LogP contribution in [0.25, 0.3) is 0 Å². The Kier molecular flexibility index (Phi) is 7.88. The van der Waals surface area contributed by atoms with Crippen molar-refractivity contribution in [2.75, 3.05) is 23.3 Å². The number of benzene rings is 2. The van der Waals surface area contributed by atoms with Crippen LogP contribution in [0.4, 0.5) is 11.4 Å². The third kappa shape index (κ3) is 4.66. The van der Waals surface area contributed by atoms with Crippen LogP contribution in [0, 0.1) is 13.8 Å². The van der Waals surface area contributed by atoms with Crippen molar-refractivity contribution in [3.05, 3.63) is 58.7 Å². The Morgan fingerprint density at radius 3 is 2.35 bits per heavy atom. The van der Waals surface area contributed by atoms with Gasteiger partial charge in [0.25, 0.3) is 0 Å². The number of carbonyl (C=O) groups is 1. The Morgan fingerprint density at radius 2 is 1.65 bits per heavy atom. The van der Waals surface area contributed by atoms with E-state index >= 15 is 0 Å². The predicted octanol–water partition coefficient (Wildman–Crippen LogP) is 5.53. The number of carbonyl (C=O) groups excluding carboxylic acids is 1. The lowest BCUT2D eigenvalue weighted by Gasteiger charge is -2.16. The second-order valence-electron chi connectivity index (χ2n) is 6.62. The van der Waals surface area contributed by atoms with Crippen molar-refractivity contribution in [1.82, 2.24) is 0 Å². The molecule has 0 fully saturated rings. The highest BCUT2D eigenvalue weighted by Crippen LogP contribution is 2.29. The van der Waals surface area contributed by atoms with Crippen molar-refractivity contribution in [3.63, 3.8) is 0 Å². The summed E-state index contributed by atoms with van der Waals surface area (Å²) in [6, 6.07) is 12.9. The molecule has 2 aliphatic heterocycles. The van der Waals surface area contributed by atoms with Crippen LogP contribution in [0.2, 0.25) is 0 Å². The Hall–Kier alpha value is -2.29. The predicted molar refractivity (Wildman–Crippen MR) is 114 cm³/mol. The Bertz CT molecular complexity index is 752. The number of hydrogen-bond acceptors (Lipinski definition) is 2. The summed E-state index contributed by atoms with van der Waals surface area (Å²) in [4.78, 5) is 13.5. The van der Waals surface area contributed by atoms with Gasteiger partial charge in [-0.1, -0.05) is 57.2 Å². The van der Waals surface area contributed by atoms with Gasteiger partial charge in [0.2, 0.25) is 5.91 Å². The molecule has 2 aromatic carbocycles. The standard InChI is InChI=1S/C12H15NO.C9H11N.2CH4/c1-3-12(14)13-7-6-10-8-9(2)4-5-11(10)13;1-7-2-3-9-8(6-7)4-5-10-9;;/h4-5,8H,3,6-7H2,1-2H3;2-3,6,10H,4-5H2,1H3;2*1H4. The van der Waals surface area contributed by atoms with E-state index in [1.54, 1.807) is 0 Å². The van der Waals surface area contributed by atoms with Crippen molar-refractivity contribution in [1.29, 1.82) is 0 Å². The highest BCUT2D eigenvalue weighted by atomic mass is 16.2. The van der Waals surface area contributed by atoms with E-state index in [1.807, 2.05) is 11.8 Å². The molecule has 0 radical (unpaired) electrons. The summed E-state index contributed by atoms with van der Waals surface area (Å²) in [6.07, 6.45) is 2.78. The van der Waals surface area contributed by atoms with E-state index in [0.29, 0.717) is 6.42 Å². The first-order valence-corrected chi connectivity index (χ1v) is 8.81. The van der Waals surface area contributed by atoms with Crippen LogP contribution in [-0.4, -0.2) is 19.0 Å². The molecule has 0 saturated carbocycles. The number of anilines is 2. The van der Waals surface area contributed by atoms with E-state index in [2.05, 4.69) is 55.6 Å². The van der Waals surface area contributed by atoms with Crippen LogP contribution >= 0.6 is 0 Å². The first-order chi connectivity index (χ1) is 11.6. The van der Waals surface area contributed by atoms with Crippen LogP contribution in [0.3, 0.4) is 0 Å². The van der Waals surface area contributed by atoms with Gasteiger partial charge in [-0.3, -0.25) is 4.79 Å². The SMILES string of the molecule is C.C.CCC(=O)N1CCc2cc(C)ccc21.Cc1ccc2c(c1)CCN2. The number of fused-ring (bicyclic) bond motifs is 2. The lowest BCUT2D eigenvalue weighted by Crippen LogP contribution is -2.27. The molecule has 0 aliphatic carbocycles. The van der Waals surface area contributed by atoms with Gasteiger partial charge in [0.05, 0.1) is 0 Å². The Balaban J connectivity index is 0.000000252. The third-order valence-electron chi connectivity index (χ3n) is 4.70. The van der Waals surface area contributed by atoms with Crippen LogP contribution in [0.5, 0.6) is 0 Å². The molecule has 0 bridgehead atoms. The maximum atomic E-state index is 11.6. The number of nitrogens with zero attached hydrogens (tertiary/aromatic N) is 1. The fraction of sp³-hybridized carbons (Fsp3) is 0.435. The molecule has 1 amide bonds. The molecule has 26 heavy (non-hydrogen) atoms. The van der Waals surface area contributed by atoms with Gasteiger partial charge in [0, 0.05) is 30.9 Å². The molecule has 142 valence electrons. The average molecular weight is 355 g/mol. The van der Waals surface area contributed by atoms with E-state index in [1.165, 1.54) is 34.4 Å². The summed E-state index contributed by atoms with van der Waals surface area (Å²) in [5.74, 6) is 0.229. The summed E-state index contributed by atoms with van der Waals surface area (Å²) in [7, 11) is 0. The first kappa shape index (κ1) is 21.8. The summed E-state index contributed by atoms with van der Waals surface area (Å²) >= 11 is 0. The molecule has 1 N–H and O–H groups in total. The van der Waals surface area contributed by atoms with Gasteiger partial charge in [-0.05, 0) is 49.9 Å². The maximum Gasteiger partial charge on any atom is 0.226 e. The average Bonchev–Trinajstić information content (AvgIpc) is 3.20. The number of hydrogen-bond donors (Lipinski definition) is 1. The third-order valence-corrected chi connectivity index (χ3v) is 4.70. The molecule has 0 spiro atoms. The number of rotatable bonds is 1. The summed E-state index contributed by atoms with van der Waals surface area (Å²) in [5.41, 5.74) is 7.86. The first-order valence-electron chi connectivity index (χ1n) is 8.81. The smallest absolute Gasteiger partial charge is 0.226 e. The van der Waals surface area contributed by atoms with Crippen molar-refractivity contribution >= 4 is 17.3 Å². The van der Waals surface area contributed by atoms with Gasteiger partial charge in [-0.25, -0.2) is 0 Å². The van der Waals surface area contributed by atoms with Gasteiger partial charge >= 0.3 is 0 Å². The largest absolute Gasteiger partial charge is 0.384 e. The van der Waals surface area contributed by atoms with E-state index in [-0.39, 0.29) is 20.8 Å². The number of nitrogens with one attached hydrogen (secondary N) is 1. The molecular weight excluding hydrogens is 320 g/mol. The summed E-state index contributed by atoms with van der Waals surface area (Å²) in [5, 5.41) is 3.33. The molecule has 2 aliphatic rings. The molecule has 0 aromatic heterocycles. The highest BCUT2D eigenvalue weighted by molar-refractivity contribution is 5.95. The highest BCUT2D eigenvalue weighted by Gasteiger charge is 2.22. The normalized spacial score (nSPS) is 13.3. The van der Waals surface area contributed by atoms with Gasteiger partial charge in [-0.2, -0.15) is 0 Å². The molecule has 3 nitrogen and oxygen atoms in total. The van der Waals surface area contributed by atoms with Crippen molar-refractivity contribution in [2.45, 2.75) is 54.9 Å². The quantitative estimate of drug-likeness (QED) is 0.730. The lowest BCUT2D eigenvalue weighted by atomic mass is 10.1. The molecule has 3 heteroatoms. The molecule has 2 aromatic rings. The minimum Gasteiger partial charge on any atom is -0.384 e. The Labute approximate surface area is 159 Å². The molecule has 0 saturated heterocycles. The van der Waals surface area contributed by atoms with Gasteiger partial charge in [-0.15, -0.1) is 0 Å². The molecule has 4 rings (SSSR count). The fourth-order valence-corrected chi connectivity index (χ4v) is 3.41. The molecule has 2 heterocycles. The zero-order valence-corrected chi connectivity index (χ0v) is 14.9. The second kappa shape index (κ2) is 9.42. The van der Waals surface area contributed by atoms with Crippen LogP contribution in [0.1, 0.15) is 50.5 Å². The minimum absolute atomic E-state index is 0. The summed E-state index contributed by atoms with van der Waals surface area (Å²) < 4.78 is 0. The fourth-order valence-electron chi connectivity index (χ4n) is 3.41. The molecule has 0 unspecified atom stereocenters. The van der Waals surface area contributed by atoms with Crippen molar-refractivity contribution in [2.24, 2.45) is 0 Å². The molecule has 0 atom stereocenters. The van der Waals surface area contributed by atoms with Crippen LogP contribution in [0.15, 0.2) is 36.4 Å². The minimum atomic E-state index is 0. The van der Waals surface area contributed by atoms with E-state index in [9.17, 15) is 4.79 Å². The molecular formula is C23H34N2O. The zero-order chi connectivity index (χ0) is 17.1. The number of aryl methyl sites for hydroxylation is 2. The van der Waals surface area contributed by atoms with Crippen molar-refractivity contribution in [3.8, 4) is 0 Å². The summed E-state index contributed by atoms with van der Waals surface area (Å²) in [6.45, 7) is 8.10. The monoisotopic (exact) mass is 354 g/mol. The number of amides is 1. The van der Waals surface area contributed by atoms with Gasteiger partial charge in [0.15, 0.2) is 0 Å². The van der Waals surface area contributed by atoms with E-state index in [0.717, 1.165) is 25.2 Å². The van der Waals surface area contributed by atoms with Gasteiger partial charge < -0.3 is 10.2 Å². The van der Waals surface area contributed by atoms with Crippen LogP contribution in [-0.2, 0) is 17.6 Å².